The maximum absolute atomic E-state index is 12.8. The van der Waals surface area contributed by atoms with Crippen molar-refractivity contribution in [2.75, 3.05) is 13.2 Å². The SMILES string of the molecule is CCCCC/C=C\C/C=C\C/C=C\C/C=C\C/C=C\CCC(=O)OC[C@H](COC(=O)CCC/C=C\C/C=C\C/C=C\C/C=C\CCCCC)OC(=O)CCCC/C=C\C/C=C\C/C=C\CCCCC. The van der Waals surface area contributed by atoms with E-state index in [0.717, 1.165) is 83.5 Å². The predicted molar refractivity (Wildman–Crippen MR) is 297 cm³/mol. The third kappa shape index (κ3) is 54.1. The van der Waals surface area contributed by atoms with Crippen LogP contribution in [0.1, 0.15) is 213 Å². The molecule has 6 nitrogen and oxygen atoms in total. The Kier molecular flexibility index (Phi) is 52.1. The van der Waals surface area contributed by atoms with Crippen LogP contribution in [0.15, 0.2) is 146 Å². The number of carbonyl (C=O) groups is 3. The predicted octanol–water partition coefficient (Wildman–Crippen LogP) is 18.4. The molecule has 0 unspecified atom stereocenters. The van der Waals surface area contributed by atoms with Crippen LogP contribution in [0.3, 0.4) is 0 Å². The first-order valence-electron chi connectivity index (χ1n) is 27.3. The highest BCUT2D eigenvalue weighted by Gasteiger charge is 2.19. The standard InChI is InChI=1S/C63H98O6/c1-4-7-10-13-16-19-22-25-28-30-31-33-36-38-41-44-47-50-53-56-62(65)68-59-60(69-63(66)57-54-51-48-45-42-39-34-27-24-21-18-15-12-9-6-3)58-67-61(64)55-52-49-46-43-40-37-35-32-29-26-23-20-17-14-11-8-5-2/h16-21,25-29,31,33-35,37-38,41-43,45-47,50,60H,4-15,22-24,30,32,36,39-40,44,48-49,51-59H2,1-3H3/b19-16-,20-17-,21-18-,28-25-,29-26-,33-31-,34-27-,37-35-,41-38-,45-42-,46-43-,50-47-/t60-/m0/s1. The first-order chi connectivity index (χ1) is 34.0. The van der Waals surface area contributed by atoms with E-state index in [1.54, 1.807) is 0 Å². The van der Waals surface area contributed by atoms with E-state index in [1.807, 2.05) is 12.2 Å². The minimum absolute atomic E-state index is 0.151. The molecular weight excluding hydrogens is 853 g/mol. The number of esters is 3. The average molecular weight is 951 g/mol. The summed E-state index contributed by atoms with van der Waals surface area (Å²) in [7, 11) is 0. The highest BCUT2D eigenvalue weighted by molar-refractivity contribution is 5.71. The van der Waals surface area contributed by atoms with E-state index in [-0.39, 0.29) is 50.4 Å². The molecule has 0 amide bonds. The molecule has 0 heterocycles. The number of rotatable bonds is 47. The van der Waals surface area contributed by atoms with Gasteiger partial charge >= 0.3 is 17.9 Å². The molecule has 0 fully saturated rings. The van der Waals surface area contributed by atoms with Gasteiger partial charge in [0.1, 0.15) is 13.2 Å². The summed E-state index contributed by atoms with van der Waals surface area (Å²) in [5.74, 6) is -1.13. The molecule has 0 aliphatic carbocycles. The van der Waals surface area contributed by atoms with Crippen molar-refractivity contribution in [2.24, 2.45) is 0 Å². The first kappa shape index (κ1) is 64.3. The van der Waals surface area contributed by atoms with Crippen molar-refractivity contribution in [1.82, 2.24) is 0 Å². The lowest BCUT2D eigenvalue weighted by Crippen LogP contribution is -2.30. The molecule has 0 saturated heterocycles. The lowest BCUT2D eigenvalue weighted by Gasteiger charge is -2.18. The normalized spacial score (nSPS) is 13.3. The molecule has 0 radical (unpaired) electrons. The minimum Gasteiger partial charge on any atom is -0.462 e. The number of ether oxygens (including phenoxy) is 3. The Bertz CT molecular complexity index is 1560. The molecule has 0 saturated carbocycles. The third-order valence-corrected chi connectivity index (χ3v) is 10.8. The molecule has 0 aliphatic heterocycles. The van der Waals surface area contributed by atoms with Gasteiger partial charge in [-0.15, -0.1) is 0 Å². The van der Waals surface area contributed by atoms with E-state index in [9.17, 15) is 14.4 Å². The van der Waals surface area contributed by atoms with Gasteiger partial charge in [0.15, 0.2) is 6.10 Å². The van der Waals surface area contributed by atoms with Crippen molar-refractivity contribution < 1.29 is 28.6 Å². The van der Waals surface area contributed by atoms with E-state index >= 15 is 0 Å². The fourth-order valence-electron chi connectivity index (χ4n) is 6.66. The zero-order chi connectivity index (χ0) is 50.0. The Morgan fingerprint density at radius 1 is 0.290 bits per heavy atom. The summed E-state index contributed by atoms with van der Waals surface area (Å²) in [5, 5.41) is 0. The summed E-state index contributed by atoms with van der Waals surface area (Å²) >= 11 is 0. The largest absolute Gasteiger partial charge is 0.462 e. The molecule has 0 rings (SSSR count). The van der Waals surface area contributed by atoms with E-state index in [0.29, 0.717) is 19.3 Å². The minimum atomic E-state index is -0.857. The van der Waals surface area contributed by atoms with Crippen LogP contribution in [0.2, 0.25) is 0 Å². The molecule has 0 N–H and O–H groups in total. The van der Waals surface area contributed by atoms with Crippen LogP contribution in [0.5, 0.6) is 0 Å². The summed E-state index contributed by atoms with van der Waals surface area (Å²) < 4.78 is 16.7. The van der Waals surface area contributed by atoms with Crippen LogP contribution in [0.4, 0.5) is 0 Å². The van der Waals surface area contributed by atoms with Gasteiger partial charge in [0.25, 0.3) is 0 Å². The number of carbonyl (C=O) groups excluding carboxylic acids is 3. The topological polar surface area (TPSA) is 78.9 Å². The Hall–Kier alpha value is -4.71. The molecule has 0 aliphatic rings. The van der Waals surface area contributed by atoms with Crippen LogP contribution in [0.25, 0.3) is 0 Å². The second-order valence-corrected chi connectivity index (χ2v) is 17.4. The highest BCUT2D eigenvalue weighted by Crippen LogP contribution is 2.09. The van der Waals surface area contributed by atoms with Crippen LogP contribution in [0, 0.1) is 0 Å². The van der Waals surface area contributed by atoms with Gasteiger partial charge in [-0.25, -0.2) is 0 Å². The van der Waals surface area contributed by atoms with Gasteiger partial charge in [-0.1, -0.05) is 205 Å². The number of allylic oxidation sites excluding steroid dienone is 24. The molecule has 0 aromatic heterocycles. The monoisotopic (exact) mass is 951 g/mol. The molecule has 6 heteroatoms. The second-order valence-electron chi connectivity index (χ2n) is 17.4. The van der Waals surface area contributed by atoms with E-state index in [4.69, 9.17) is 14.2 Å². The third-order valence-electron chi connectivity index (χ3n) is 10.8. The fourth-order valence-corrected chi connectivity index (χ4v) is 6.66. The Labute approximate surface area is 423 Å². The summed E-state index contributed by atoms with van der Waals surface area (Å²) in [5.41, 5.74) is 0. The van der Waals surface area contributed by atoms with Gasteiger partial charge in [0.05, 0.1) is 0 Å². The zero-order valence-electron chi connectivity index (χ0n) is 44.0. The highest BCUT2D eigenvalue weighted by atomic mass is 16.6. The fraction of sp³-hybridized carbons (Fsp3) is 0.571. The van der Waals surface area contributed by atoms with Gasteiger partial charge in [-0.05, 0) is 135 Å². The van der Waals surface area contributed by atoms with E-state index < -0.39 is 6.10 Å². The van der Waals surface area contributed by atoms with Crippen molar-refractivity contribution in [1.29, 1.82) is 0 Å². The maximum Gasteiger partial charge on any atom is 0.306 e. The lowest BCUT2D eigenvalue weighted by atomic mass is 10.1. The lowest BCUT2D eigenvalue weighted by molar-refractivity contribution is -0.166. The zero-order valence-corrected chi connectivity index (χ0v) is 44.0. The molecule has 69 heavy (non-hydrogen) atoms. The van der Waals surface area contributed by atoms with Gasteiger partial charge in [-0.3, -0.25) is 14.4 Å². The van der Waals surface area contributed by atoms with Crippen LogP contribution in [-0.4, -0.2) is 37.2 Å². The van der Waals surface area contributed by atoms with Crippen molar-refractivity contribution in [3.05, 3.63) is 146 Å². The van der Waals surface area contributed by atoms with Crippen molar-refractivity contribution in [2.45, 2.75) is 219 Å². The second kappa shape index (κ2) is 55.9. The molecule has 0 aromatic rings. The van der Waals surface area contributed by atoms with Crippen molar-refractivity contribution in [3.63, 3.8) is 0 Å². The van der Waals surface area contributed by atoms with Crippen molar-refractivity contribution >= 4 is 17.9 Å². The first-order valence-corrected chi connectivity index (χ1v) is 27.3. The van der Waals surface area contributed by atoms with E-state index in [1.165, 1.54) is 70.6 Å². The molecule has 0 bridgehead atoms. The molecular formula is C63H98O6. The van der Waals surface area contributed by atoms with Crippen molar-refractivity contribution in [3.8, 4) is 0 Å². The van der Waals surface area contributed by atoms with Crippen LogP contribution in [-0.2, 0) is 28.6 Å². The number of unbranched alkanes of at least 4 members (excludes halogenated alkanes) is 12. The van der Waals surface area contributed by atoms with Crippen LogP contribution >= 0.6 is 0 Å². The summed E-state index contributed by atoms with van der Waals surface area (Å²) in [6.07, 6.45) is 79.9. The van der Waals surface area contributed by atoms with Gasteiger partial charge in [0.2, 0.25) is 0 Å². The Morgan fingerprint density at radius 3 is 0.884 bits per heavy atom. The van der Waals surface area contributed by atoms with Gasteiger partial charge in [-0.2, -0.15) is 0 Å². The van der Waals surface area contributed by atoms with Gasteiger partial charge < -0.3 is 14.2 Å². The molecule has 0 spiro atoms. The van der Waals surface area contributed by atoms with E-state index in [2.05, 4.69) is 154 Å². The smallest absolute Gasteiger partial charge is 0.306 e. The summed E-state index contributed by atoms with van der Waals surface area (Å²) in [6.45, 7) is 6.38. The maximum atomic E-state index is 12.8. The molecule has 1 atom stereocenters. The molecule has 0 aromatic carbocycles. The molecule has 386 valence electrons. The summed E-state index contributed by atoms with van der Waals surface area (Å²) in [4.78, 5) is 38.0. The average Bonchev–Trinajstić information content (AvgIpc) is 3.35. The quantitative estimate of drug-likeness (QED) is 0.0262. The van der Waals surface area contributed by atoms with Gasteiger partial charge in [0, 0.05) is 19.3 Å². The number of hydrogen-bond acceptors (Lipinski definition) is 6. The Balaban J connectivity index is 4.67. The Morgan fingerprint density at radius 2 is 0.551 bits per heavy atom. The van der Waals surface area contributed by atoms with Crippen LogP contribution < -0.4 is 0 Å². The number of hydrogen-bond donors (Lipinski definition) is 0. The summed E-state index contributed by atoms with van der Waals surface area (Å²) in [6, 6.07) is 0.